The number of nitrogens with one attached hydrogen (secondary N) is 1. The van der Waals surface area contributed by atoms with Crippen LogP contribution in [0.3, 0.4) is 0 Å². The molecular weight excluding hydrogens is 571 g/mol. The van der Waals surface area contributed by atoms with Gasteiger partial charge in [0.05, 0.1) is 23.7 Å². The number of carbonyl (C=O) groups excluding carboxylic acids is 1. The molecule has 4 aromatic carbocycles. The first-order valence-corrected chi connectivity index (χ1v) is 14.5. The fraction of sp³-hybridized carbons (Fsp3) is 0.206. The van der Waals surface area contributed by atoms with Gasteiger partial charge in [0.25, 0.3) is 0 Å². The Morgan fingerprint density at radius 2 is 1.74 bits per heavy atom. The van der Waals surface area contributed by atoms with E-state index in [4.69, 9.17) is 37.4 Å². The van der Waals surface area contributed by atoms with Crippen molar-refractivity contribution in [3.63, 3.8) is 0 Å². The molecule has 8 heteroatoms. The summed E-state index contributed by atoms with van der Waals surface area (Å²) in [5.41, 5.74) is 4.18. The van der Waals surface area contributed by atoms with Gasteiger partial charge in [-0.05, 0) is 59.2 Å². The molecule has 0 saturated heterocycles. The SMILES string of the molecule is COc1ccc(Cn2cc([C@H](CC(=O)NC[C@@H]3COc4ccccc4O3)c3ccc(Cl)c(Cl)c3)c3ccccc32)cc1. The summed E-state index contributed by atoms with van der Waals surface area (Å²) in [6.07, 6.45) is 2.09. The van der Waals surface area contributed by atoms with Crippen LogP contribution in [-0.4, -0.2) is 36.8 Å². The van der Waals surface area contributed by atoms with Gasteiger partial charge in [0.2, 0.25) is 5.91 Å². The molecular formula is C34H30Cl2N2O4. The Kier molecular flexibility index (Phi) is 8.27. The van der Waals surface area contributed by atoms with E-state index in [1.165, 1.54) is 0 Å². The molecule has 2 heterocycles. The fourth-order valence-electron chi connectivity index (χ4n) is 5.40. The van der Waals surface area contributed by atoms with Gasteiger partial charge in [-0.3, -0.25) is 4.79 Å². The van der Waals surface area contributed by atoms with Gasteiger partial charge in [-0.15, -0.1) is 0 Å². The molecule has 0 bridgehead atoms. The summed E-state index contributed by atoms with van der Waals surface area (Å²) in [5, 5.41) is 5.07. The predicted molar refractivity (Wildman–Crippen MR) is 166 cm³/mol. The Morgan fingerprint density at radius 1 is 0.976 bits per heavy atom. The molecule has 0 radical (unpaired) electrons. The third kappa shape index (κ3) is 6.06. The zero-order valence-electron chi connectivity index (χ0n) is 23.1. The molecule has 1 amide bonds. The van der Waals surface area contributed by atoms with Gasteiger partial charge in [-0.2, -0.15) is 0 Å². The summed E-state index contributed by atoms with van der Waals surface area (Å²) >= 11 is 12.7. The minimum atomic E-state index is -0.279. The summed E-state index contributed by atoms with van der Waals surface area (Å²) in [6, 6.07) is 29.4. The second-order valence-corrected chi connectivity index (χ2v) is 11.1. The van der Waals surface area contributed by atoms with Crippen LogP contribution < -0.4 is 19.5 Å². The molecule has 1 aromatic heterocycles. The van der Waals surface area contributed by atoms with Crippen LogP contribution >= 0.6 is 23.2 Å². The Labute approximate surface area is 254 Å². The van der Waals surface area contributed by atoms with Gasteiger partial charge >= 0.3 is 0 Å². The van der Waals surface area contributed by atoms with Crippen LogP contribution in [0, 0.1) is 0 Å². The van der Waals surface area contributed by atoms with E-state index in [0.717, 1.165) is 33.3 Å². The molecule has 2 atom stereocenters. The monoisotopic (exact) mass is 600 g/mol. The lowest BCUT2D eigenvalue weighted by atomic mass is 9.88. The lowest BCUT2D eigenvalue weighted by Crippen LogP contribution is -2.41. The number of ether oxygens (including phenoxy) is 3. The number of benzene rings is 4. The van der Waals surface area contributed by atoms with Crippen LogP contribution in [0.4, 0.5) is 0 Å². The summed E-state index contributed by atoms with van der Waals surface area (Å²) < 4.78 is 19.4. The Balaban J connectivity index is 1.27. The molecule has 1 N–H and O–H groups in total. The van der Waals surface area contributed by atoms with Gasteiger partial charge in [0, 0.05) is 36.0 Å². The fourth-order valence-corrected chi connectivity index (χ4v) is 5.70. The van der Waals surface area contributed by atoms with Crippen LogP contribution in [0.15, 0.2) is 97.2 Å². The van der Waals surface area contributed by atoms with Gasteiger partial charge in [0.1, 0.15) is 18.5 Å². The molecule has 0 unspecified atom stereocenters. The number of aromatic nitrogens is 1. The quantitative estimate of drug-likeness (QED) is 0.190. The van der Waals surface area contributed by atoms with E-state index in [0.29, 0.717) is 41.2 Å². The number of fused-ring (bicyclic) bond motifs is 2. The number of methoxy groups -OCH3 is 1. The second kappa shape index (κ2) is 12.4. The van der Waals surface area contributed by atoms with Crippen molar-refractivity contribution >= 4 is 40.0 Å². The van der Waals surface area contributed by atoms with Crippen molar-refractivity contribution in [2.45, 2.75) is 25.0 Å². The van der Waals surface area contributed by atoms with E-state index in [-0.39, 0.29) is 24.3 Å². The first-order valence-electron chi connectivity index (χ1n) is 13.8. The molecule has 1 aliphatic rings. The van der Waals surface area contributed by atoms with Crippen molar-refractivity contribution in [2.24, 2.45) is 0 Å². The standard InChI is InChI=1S/C34H30Cl2N2O4/c1-40-24-13-10-22(11-14-24)19-38-20-28(26-6-2-3-7-31(26)38)27(23-12-15-29(35)30(36)16-23)17-34(39)37-18-25-21-41-32-8-4-5-9-33(32)42-25/h2-16,20,25,27H,17-19,21H2,1H3,(H,37,39)/t25-,27-/m1/s1. The third-order valence-corrected chi connectivity index (χ3v) is 8.28. The van der Waals surface area contributed by atoms with Crippen molar-refractivity contribution in [3.8, 4) is 17.2 Å². The Morgan fingerprint density at radius 3 is 2.52 bits per heavy atom. The number of carbonyl (C=O) groups is 1. The minimum absolute atomic E-state index is 0.0967. The predicted octanol–water partition coefficient (Wildman–Crippen LogP) is 7.48. The number of halogens is 2. The van der Waals surface area contributed by atoms with Crippen molar-refractivity contribution in [1.29, 1.82) is 0 Å². The molecule has 5 aromatic rings. The zero-order valence-corrected chi connectivity index (χ0v) is 24.6. The van der Waals surface area contributed by atoms with Gasteiger partial charge in [-0.25, -0.2) is 0 Å². The average molecular weight is 602 g/mol. The Hall–Kier alpha value is -4.13. The smallest absolute Gasteiger partial charge is 0.221 e. The van der Waals surface area contributed by atoms with Crippen LogP contribution in [0.25, 0.3) is 10.9 Å². The first kappa shape index (κ1) is 28.0. The minimum Gasteiger partial charge on any atom is -0.497 e. The molecule has 42 heavy (non-hydrogen) atoms. The number of rotatable bonds is 9. The van der Waals surface area contributed by atoms with E-state index in [1.807, 2.05) is 60.7 Å². The lowest BCUT2D eigenvalue weighted by molar-refractivity contribution is -0.121. The topological polar surface area (TPSA) is 61.7 Å². The Bertz CT molecular complexity index is 1720. The van der Waals surface area contributed by atoms with Gasteiger partial charge in [0.15, 0.2) is 11.5 Å². The number of hydrogen-bond acceptors (Lipinski definition) is 4. The highest BCUT2D eigenvalue weighted by Crippen LogP contribution is 2.37. The lowest BCUT2D eigenvalue weighted by Gasteiger charge is -2.26. The van der Waals surface area contributed by atoms with Gasteiger partial charge in [-0.1, -0.05) is 71.7 Å². The second-order valence-electron chi connectivity index (χ2n) is 10.3. The number of amides is 1. The average Bonchev–Trinajstić information content (AvgIpc) is 3.38. The number of para-hydroxylation sites is 3. The van der Waals surface area contributed by atoms with E-state index in [9.17, 15) is 4.79 Å². The highest BCUT2D eigenvalue weighted by atomic mass is 35.5. The van der Waals surface area contributed by atoms with E-state index in [1.54, 1.807) is 13.2 Å². The van der Waals surface area contributed by atoms with Crippen LogP contribution in [0.5, 0.6) is 17.2 Å². The maximum Gasteiger partial charge on any atom is 0.221 e. The first-order chi connectivity index (χ1) is 20.5. The zero-order chi connectivity index (χ0) is 29.1. The summed E-state index contributed by atoms with van der Waals surface area (Å²) in [5.74, 6) is 1.86. The highest BCUT2D eigenvalue weighted by Gasteiger charge is 2.25. The van der Waals surface area contributed by atoms with Crippen LogP contribution in [-0.2, 0) is 11.3 Å². The normalized spacial score (nSPS) is 14.9. The largest absolute Gasteiger partial charge is 0.497 e. The van der Waals surface area contributed by atoms with Crippen molar-refractivity contribution in [1.82, 2.24) is 9.88 Å². The molecule has 1 aliphatic heterocycles. The third-order valence-electron chi connectivity index (χ3n) is 7.54. The number of hydrogen-bond donors (Lipinski definition) is 1. The van der Waals surface area contributed by atoms with E-state index >= 15 is 0 Å². The molecule has 0 spiro atoms. The molecule has 214 valence electrons. The molecule has 6 rings (SSSR count). The van der Waals surface area contributed by atoms with E-state index < -0.39 is 0 Å². The number of nitrogens with zero attached hydrogens (tertiary/aromatic N) is 1. The van der Waals surface area contributed by atoms with Crippen molar-refractivity contribution in [2.75, 3.05) is 20.3 Å². The van der Waals surface area contributed by atoms with Crippen LogP contribution in [0.2, 0.25) is 10.0 Å². The maximum atomic E-state index is 13.4. The molecule has 0 aliphatic carbocycles. The molecule has 6 nitrogen and oxygen atoms in total. The van der Waals surface area contributed by atoms with Crippen molar-refractivity contribution < 1.29 is 19.0 Å². The molecule has 0 fully saturated rings. The summed E-state index contributed by atoms with van der Waals surface area (Å²) in [7, 11) is 1.66. The molecule has 0 saturated carbocycles. The van der Waals surface area contributed by atoms with E-state index in [2.05, 4.69) is 40.3 Å². The van der Waals surface area contributed by atoms with Crippen molar-refractivity contribution in [3.05, 3.63) is 124 Å². The van der Waals surface area contributed by atoms with Gasteiger partial charge < -0.3 is 24.1 Å². The summed E-state index contributed by atoms with van der Waals surface area (Å²) in [4.78, 5) is 13.4. The summed E-state index contributed by atoms with van der Waals surface area (Å²) in [6.45, 7) is 1.37. The highest BCUT2D eigenvalue weighted by molar-refractivity contribution is 6.42. The van der Waals surface area contributed by atoms with Crippen LogP contribution in [0.1, 0.15) is 29.0 Å². The maximum absolute atomic E-state index is 13.4.